The summed E-state index contributed by atoms with van der Waals surface area (Å²) in [6.45, 7) is 1.49. The maximum Gasteiger partial charge on any atom is 0.417 e. The molecule has 1 aromatic heterocycles. The Morgan fingerprint density at radius 2 is 1.80 bits per heavy atom. The van der Waals surface area contributed by atoms with Gasteiger partial charge in [-0.3, -0.25) is 0 Å². The van der Waals surface area contributed by atoms with Crippen LogP contribution in [0.1, 0.15) is 11.3 Å². The van der Waals surface area contributed by atoms with E-state index in [2.05, 4.69) is 0 Å². The number of aryl methyl sites for hydroxylation is 1. The van der Waals surface area contributed by atoms with E-state index in [1.54, 1.807) is 0 Å². The average Bonchev–Trinajstić information content (AvgIpc) is 2.45. The van der Waals surface area contributed by atoms with Crippen molar-refractivity contribution in [2.45, 2.75) is 13.1 Å². The Hall–Kier alpha value is -1.52. The maximum atomic E-state index is 12.9. The van der Waals surface area contributed by atoms with Crippen molar-refractivity contribution in [2.24, 2.45) is 0 Å². The minimum Gasteiger partial charge on any atom is -0.468 e. The molecule has 0 saturated carbocycles. The highest BCUT2D eigenvalue weighted by Gasteiger charge is 2.34. The number of alkyl halides is 3. The van der Waals surface area contributed by atoms with Crippen LogP contribution in [0, 0.1) is 12.7 Å². The molecule has 1 nitrogen and oxygen atoms in total. The highest BCUT2D eigenvalue weighted by atomic mass is 19.4. The first kappa shape index (κ1) is 10.0. The molecule has 0 amide bonds. The lowest BCUT2D eigenvalue weighted by molar-refractivity contribution is -0.136. The Balaban J connectivity index is 2.84. The molecule has 2 aromatic rings. The topological polar surface area (TPSA) is 13.1 Å². The molecule has 0 atom stereocenters. The number of rotatable bonds is 0. The summed E-state index contributed by atoms with van der Waals surface area (Å²) < 4.78 is 55.3. The first-order valence-electron chi connectivity index (χ1n) is 4.14. The summed E-state index contributed by atoms with van der Waals surface area (Å²) in [7, 11) is 0. The largest absolute Gasteiger partial charge is 0.468 e. The van der Waals surface area contributed by atoms with Crippen LogP contribution in [-0.2, 0) is 6.18 Å². The van der Waals surface area contributed by atoms with Crippen molar-refractivity contribution in [3.63, 3.8) is 0 Å². The molecule has 0 aliphatic rings. The van der Waals surface area contributed by atoms with Crippen LogP contribution in [0.25, 0.3) is 10.8 Å². The van der Waals surface area contributed by atoms with E-state index in [1.165, 1.54) is 6.92 Å². The van der Waals surface area contributed by atoms with E-state index in [4.69, 9.17) is 4.42 Å². The van der Waals surface area contributed by atoms with Gasteiger partial charge < -0.3 is 4.42 Å². The van der Waals surface area contributed by atoms with Crippen molar-refractivity contribution in [2.75, 3.05) is 0 Å². The smallest absolute Gasteiger partial charge is 0.417 e. The van der Waals surface area contributed by atoms with E-state index >= 15 is 0 Å². The SMILES string of the molecule is Cc1occ2c(C(F)(F)F)cc(F)cc12. The standard InChI is InChI=1S/C10H6F4O/c1-5-7-2-6(11)3-9(10(12,13)14)8(7)4-15-5/h2-4H,1H3. The molecule has 5 heteroatoms. The zero-order chi connectivity index (χ0) is 11.2. The van der Waals surface area contributed by atoms with Gasteiger partial charge in [-0.15, -0.1) is 0 Å². The predicted octanol–water partition coefficient (Wildman–Crippen LogP) is 3.90. The van der Waals surface area contributed by atoms with E-state index in [-0.39, 0.29) is 16.5 Å². The lowest BCUT2D eigenvalue weighted by atomic mass is 10.1. The number of hydrogen-bond donors (Lipinski definition) is 0. The molecule has 0 aliphatic heterocycles. The van der Waals surface area contributed by atoms with Crippen LogP contribution in [-0.4, -0.2) is 0 Å². The van der Waals surface area contributed by atoms with Crippen molar-refractivity contribution in [1.82, 2.24) is 0 Å². The zero-order valence-corrected chi connectivity index (χ0v) is 7.65. The summed E-state index contributed by atoms with van der Waals surface area (Å²) in [5.41, 5.74) is -1.01. The minimum absolute atomic E-state index is 0.110. The summed E-state index contributed by atoms with van der Waals surface area (Å²) in [4.78, 5) is 0. The minimum atomic E-state index is -4.57. The molecule has 0 unspecified atom stereocenters. The summed E-state index contributed by atoms with van der Waals surface area (Å²) in [5, 5.41) is 0.0451. The molecule has 1 aromatic carbocycles. The molecule has 0 fully saturated rings. The van der Waals surface area contributed by atoms with E-state index in [0.717, 1.165) is 12.3 Å². The molecular formula is C10H6F4O. The van der Waals surface area contributed by atoms with Gasteiger partial charge in [-0.25, -0.2) is 4.39 Å². The van der Waals surface area contributed by atoms with Crippen LogP contribution in [0.4, 0.5) is 17.6 Å². The Morgan fingerprint density at radius 1 is 1.13 bits per heavy atom. The van der Waals surface area contributed by atoms with Crippen LogP contribution < -0.4 is 0 Å². The van der Waals surface area contributed by atoms with Gasteiger partial charge in [0.05, 0.1) is 11.8 Å². The summed E-state index contributed by atoms with van der Waals surface area (Å²) >= 11 is 0. The molecule has 0 N–H and O–H groups in total. The second-order valence-electron chi connectivity index (χ2n) is 3.20. The number of furan rings is 1. The molecule has 0 saturated heterocycles. The Morgan fingerprint density at radius 3 is 2.40 bits per heavy atom. The van der Waals surface area contributed by atoms with Crippen LogP contribution in [0.5, 0.6) is 0 Å². The fourth-order valence-corrected chi connectivity index (χ4v) is 1.48. The first-order chi connectivity index (χ1) is 6.89. The molecule has 2 rings (SSSR count). The van der Waals surface area contributed by atoms with Crippen molar-refractivity contribution < 1.29 is 22.0 Å². The Labute approximate surface area is 82.3 Å². The molecular weight excluding hydrogens is 212 g/mol. The summed E-state index contributed by atoms with van der Waals surface area (Å²) in [5.74, 6) is -0.644. The third kappa shape index (κ3) is 1.58. The zero-order valence-electron chi connectivity index (χ0n) is 7.65. The van der Waals surface area contributed by atoms with Gasteiger partial charge in [0.25, 0.3) is 0 Å². The number of halogens is 4. The molecule has 0 aliphatic carbocycles. The van der Waals surface area contributed by atoms with E-state index in [0.29, 0.717) is 6.07 Å². The predicted molar refractivity (Wildman–Crippen MR) is 45.9 cm³/mol. The molecule has 1 heterocycles. The molecule has 0 bridgehead atoms. The summed E-state index contributed by atoms with van der Waals surface area (Å²) in [6.07, 6.45) is -3.58. The van der Waals surface area contributed by atoms with Gasteiger partial charge in [0.15, 0.2) is 0 Å². The van der Waals surface area contributed by atoms with Gasteiger partial charge in [-0.2, -0.15) is 13.2 Å². The monoisotopic (exact) mass is 218 g/mol. The van der Waals surface area contributed by atoms with E-state index in [9.17, 15) is 17.6 Å². The maximum absolute atomic E-state index is 12.9. The third-order valence-electron chi connectivity index (χ3n) is 2.18. The van der Waals surface area contributed by atoms with Crippen molar-refractivity contribution in [3.8, 4) is 0 Å². The van der Waals surface area contributed by atoms with Crippen LogP contribution >= 0.6 is 0 Å². The lowest BCUT2D eigenvalue weighted by Gasteiger charge is -2.07. The molecule has 0 radical (unpaired) electrons. The van der Waals surface area contributed by atoms with Gasteiger partial charge in [0.1, 0.15) is 11.6 Å². The van der Waals surface area contributed by atoms with Crippen LogP contribution in [0.3, 0.4) is 0 Å². The second-order valence-corrected chi connectivity index (χ2v) is 3.20. The molecule has 15 heavy (non-hydrogen) atoms. The normalized spacial score (nSPS) is 12.3. The molecule has 0 spiro atoms. The van der Waals surface area contributed by atoms with Gasteiger partial charge in [-0.05, 0) is 19.1 Å². The number of fused-ring (bicyclic) bond motifs is 1. The van der Waals surface area contributed by atoms with Crippen LogP contribution in [0.15, 0.2) is 22.8 Å². The fourth-order valence-electron chi connectivity index (χ4n) is 1.48. The van der Waals surface area contributed by atoms with Crippen molar-refractivity contribution in [3.05, 3.63) is 35.5 Å². The summed E-state index contributed by atoms with van der Waals surface area (Å²) in [6, 6.07) is 1.50. The highest BCUT2D eigenvalue weighted by Crippen LogP contribution is 2.36. The fraction of sp³-hybridized carbons (Fsp3) is 0.200. The van der Waals surface area contributed by atoms with Crippen LogP contribution in [0.2, 0.25) is 0 Å². The van der Waals surface area contributed by atoms with Crippen molar-refractivity contribution >= 4 is 10.8 Å². The van der Waals surface area contributed by atoms with Gasteiger partial charge in [-0.1, -0.05) is 0 Å². The Bertz CT molecular complexity index is 510. The lowest BCUT2D eigenvalue weighted by Crippen LogP contribution is -2.05. The molecule has 80 valence electrons. The third-order valence-corrected chi connectivity index (χ3v) is 2.18. The van der Waals surface area contributed by atoms with E-state index < -0.39 is 17.6 Å². The average molecular weight is 218 g/mol. The number of benzene rings is 1. The Kier molecular flexibility index (Phi) is 1.99. The van der Waals surface area contributed by atoms with Crippen molar-refractivity contribution in [1.29, 1.82) is 0 Å². The van der Waals surface area contributed by atoms with Gasteiger partial charge in [0.2, 0.25) is 0 Å². The second kappa shape index (κ2) is 2.98. The first-order valence-corrected chi connectivity index (χ1v) is 4.14. The number of hydrogen-bond acceptors (Lipinski definition) is 1. The van der Waals surface area contributed by atoms with Gasteiger partial charge in [0, 0.05) is 10.8 Å². The van der Waals surface area contributed by atoms with Gasteiger partial charge >= 0.3 is 6.18 Å². The van der Waals surface area contributed by atoms with E-state index in [1.807, 2.05) is 0 Å². The quantitative estimate of drug-likeness (QED) is 0.611. The highest BCUT2D eigenvalue weighted by molar-refractivity contribution is 5.87.